The van der Waals surface area contributed by atoms with Crippen LogP contribution in [-0.4, -0.2) is 36.6 Å². The minimum Gasteiger partial charge on any atom is -0.314 e. The van der Waals surface area contributed by atoms with Crippen LogP contribution < -0.4 is 5.32 Å². The number of nitrogens with one attached hydrogen (secondary N) is 1. The zero-order chi connectivity index (χ0) is 11.1. The summed E-state index contributed by atoms with van der Waals surface area (Å²) in [4.78, 5) is 7.00. The SMILES string of the molecule is CCN(CC)CCc1nc(CNC)cs1. The summed E-state index contributed by atoms with van der Waals surface area (Å²) >= 11 is 1.77. The Kier molecular flexibility index (Phi) is 5.83. The van der Waals surface area contributed by atoms with Crippen LogP contribution in [-0.2, 0) is 13.0 Å². The highest BCUT2D eigenvalue weighted by molar-refractivity contribution is 7.09. The van der Waals surface area contributed by atoms with E-state index in [1.165, 1.54) is 5.01 Å². The Balaban J connectivity index is 2.36. The van der Waals surface area contributed by atoms with Gasteiger partial charge in [-0.3, -0.25) is 0 Å². The lowest BCUT2D eigenvalue weighted by Crippen LogP contribution is -2.25. The number of thiazole rings is 1. The van der Waals surface area contributed by atoms with E-state index in [4.69, 9.17) is 0 Å². The summed E-state index contributed by atoms with van der Waals surface area (Å²) in [5.41, 5.74) is 1.16. The third-order valence-corrected chi connectivity index (χ3v) is 3.45. The van der Waals surface area contributed by atoms with Crippen molar-refractivity contribution in [1.29, 1.82) is 0 Å². The first-order valence-corrected chi connectivity index (χ1v) is 6.48. The molecule has 0 aliphatic rings. The Morgan fingerprint density at radius 3 is 2.73 bits per heavy atom. The molecule has 0 spiro atoms. The van der Waals surface area contributed by atoms with Crippen LogP contribution in [0.2, 0.25) is 0 Å². The maximum atomic E-state index is 4.57. The number of hydrogen-bond donors (Lipinski definition) is 1. The summed E-state index contributed by atoms with van der Waals surface area (Å²) in [5, 5.41) is 6.52. The van der Waals surface area contributed by atoms with E-state index in [0.29, 0.717) is 0 Å². The van der Waals surface area contributed by atoms with Gasteiger partial charge in [-0.2, -0.15) is 0 Å². The first kappa shape index (κ1) is 12.6. The quantitative estimate of drug-likeness (QED) is 0.769. The minimum absolute atomic E-state index is 0.877. The van der Waals surface area contributed by atoms with Crippen molar-refractivity contribution < 1.29 is 0 Å². The third-order valence-electron chi connectivity index (χ3n) is 2.49. The summed E-state index contributed by atoms with van der Waals surface area (Å²) in [7, 11) is 1.95. The molecule has 0 saturated carbocycles. The summed E-state index contributed by atoms with van der Waals surface area (Å²) in [6.07, 6.45) is 1.08. The normalized spacial score (nSPS) is 11.2. The number of likely N-dealkylation sites (N-methyl/N-ethyl adjacent to an activating group) is 1. The van der Waals surface area contributed by atoms with Crippen LogP contribution in [0.3, 0.4) is 0 Å². The average Bonchev–Trinajstić information content (AvgIpc) is 2.68. The largest absolute Gasteiger partial charge is 0.314 e. The van der Waals surface area contributed by atoms with Gasteiger partial charge in [0, 0.05) is 24.9 Å². The van der Waals surface area contributed by atoms with Crippen LogP contribution >= 0.6 is 11.3 Å². The smallest absolute Gasteiger partial charge is 0.0941 e. The first-order valence-electron chi connectivity index (χ1n) is 5.60. The predicted molar refractivity (Wildman–Crippen MR) is 66.4 cm³/mol. The van der Waals surface area contributed by atoms with Gasteiger partial charge in [-0.05, 0) is 20.1 Å². The molecule has 0 unspecified atom stereocenters. The fourth-order valence-corrected chi connectivity index (χ4v) is 2.31. The van der Waals surface area contributed by atoms with Crippen molar-refractivity contribution in [2.75, 3.05) is 26.7 Å². The molecule has 1 rings (SSSR count). The van der Waals surface area contributed by atoms with E-state index in [2.05, 4.69) is 34.4 Å². The second-order valence-corrected chi connectivity index (χ2v) is 4.48. The Hall–Kier alpha value is -0.450. The highest BCUT2D eigenvalue weighted by atomic mass is 32.1. The number of rotatable bonds is 7. The molecule has 1 heterocycles. The van der Waals surface area contributed by atoms with Gasteiger partial charge in [-0.1, -0.05) is 13.8 Å². The van der Waals surface area contributed by atoms with Gasteiger partial charge in [-0.25, -0.2) is 4.98 Å². The van der Waals surface area contributed by atoms with Gasteiger partial charge in [0.25, 0.3) is 0 Å². The van der Waals surface area contributed by atoms with E-state index < -0.39 is 0 Å². The Morgan fingerprint density at radius 1 is 1.40 bits per heavy atom. The monoisotopic (exact) mass is 227 g/mol. The highest BCUT2D eigenvalue weighted by Gasteiger charge is 2.03. The van der Waals surface area contributed by atoms with E-state index in [-0.39, 0.29) is 0 Å². The van der Waals surface area contributed by atoms with Crippen molar-refractivity contribution in [1.82, 2.24) is 15.2 Å². The van der Waals surface area contributed by atoms with Gasteiger partial charge in [-0.15, -0.1) is 11.3 Å². The molecule has 15 heavy (non-hydrogen) atoms. The lowest BCUT2D eigenvalue weighted by molar-refractivity contribution is 0.308. The maximum absolute atomic E-state index is 4.57. The third kappa shape index (κ3) is 4.28. The Bertz CT molecular complexity index is 269. The molecule has 0 bridgehead atoms. The molecule has 0 aliphatic carbocycles. The molecule has 1 aromatic rings. The van der Waals surface area contributed by atoms with Gasteiger partial charge in [0.1, 0.15) is 0 Å². The van der Waals surface area contributed by atoms with Crippen molar-refractivity contribution in [3.05, 3.63) is 16.1 Å². The molecule has 1 aromatic heterocycles. The predicted octanol–water partition coefficient (Wildman–Crippen LogP) is 1.75. The van der Waals surface area contributed by atoms with Crippen molar-refractivity contribution in [2.45, 2.75) is 26.8 Å². The van der Waals surface area contributed by atoms with Gasteiger partial charge in [0.2, 0.25) is 0 Å². The Labute approximate surface area is 96.5 Å². The first-order chi connectivity index (χ1) is 7.30. The lowest BCUT2D eigenvalue weighted by Gasteiger charge is -2.16. The molecule has 0 aliphatic heterocycles. The van der Waals surface area contributed by atoms with Crippen LogP contribution in [0.5, 0.6) is 0 Å². The van der Waals surface area contributed by atoms with Crippen molar-refractivity contribution in [2.24, 2.45) is 0 Å². The second kappa shape index (κ2) is 6.93. The minimum atomic E-state index is 0.877. The lowest BCUT2D eigenvalue weighted by atomic mass is 10.4. The molecule has 0 aromatic carbocycles. The van der Waals surface area contributed by atoms with E-state index in [9.17, 15) is 0 Å². The summed E-state index contributed by atoms with van der Waals surface area (Å²) in [6.45, 7) is 8.67. The molecule has 0 radical (unpaired) electrons. The van der Waals surface area contributed by atoms with Crippen molar-refractivity contribution >= 4 is 11.3 Å². The molecule has 86 valence electrons. The average molecular weight is 227 g/mol. The molecule has 3 nitrogen and oxygen atoms in total. The summed E-state index contributed by atoms with van der Waals surface area (Å²) in [6, 6.07) is 0. The summed E-state index contributed by atoms with van der Waals surface area (Å²) in [5.74, 6) is 0. The van der Waals surface area contributed by atoms with Gasteiger partial charge >= 0.3 is 0 Å². The molecule has 1 N–H and O–H groups in total. The van der Waals surface area contributed by atoms with Crippen molar-refractivity contribution in [3.63, 3.8) is 0 Å². The van der Waals surface area contributed by atoms with Crippen LogP contribution in [0.4, 0.5) is 0 Å². The van der Waals surface area contributed by atoms with Crippen LogP contribution in [0, 0.1) is 0 Å². The van der Waals surface area contributed by atoms with Gasteiger partial charge in [0.05, 0.1) is 10.7 Å². The van der Waals surface area contributed by atoms with E-state index >= 15 is 0 Å². The van der Waals surface area contributed by atoms with Crippen molar-refractivity contribution in [3.8, 4) is 0 Å². The maximum Gasteiger partial charge on any atom is 0.0941 e. The fraction of sp³-hybridized carbons (Fsp3) is 0.727. The van der Waals surface area contributed by atoms with Crippen LogP contribution in [0.25, 0.3) is 0 Å². The highest BCUT2D eigenvalue weighted by Crippen LogP contribution is 2.10. The number of hydrogen-bond acceptors (Lipinski definition) is 4. The van der Waals surface area contributed by atoms with E-state index in [1.807, 2.05) is 7.05 Å². The zero-order valence-electron chi connectivity index (χ0n) is 9.92. The standard InChI is InChI=1S/C11H21N3S/c1-4-14(5-2)7-6-11-13-10(8-12-3)9-15-11/h9,12H,4-8H2,1-3H3. The molecular formula is C11H21N3S. The number of aromatic nitrogens is 1. The second-order valence-electron chi connectivity index (χ2n) is 3.54. The molecule has 4 heteroatoms. The molecular weight excluding hydrogens is 206 g/mol. The fourth-order valence-electron chi connectivity index (χ4n) is 1.52. The molecule has 0 saturated heterocycles. The van der Waals surface area contributed by atoms with Crippen LogP contribution in [0.1, 0.15) is 24.5 Å². The molecule has 0 atom stereocenters. The van der Waals surface area contributed by atoms with E-state index in [0.717, 1.165) is 38.3 Å². The van der Waals surface area contributed by atoms with Crippen LogP contribution in [0.15, 0.2) is 5.38 Å². The Morgan fingerprint density at radius 2 is 2.13 bits per heavy atom. The zero-order valence-corrected chi connectivity index (χ0v) is 10.7. The topological polar surface area (TPSA) is 28.2 Å². The molecule has 0 amide bonds. The number of nitrogens with zero attached hydrogens (tertiary/aromatic N) is 2. The molecule has 0 fully saturated rings. The summed E-state index contributed by atoms with van der Waals surface area (Å²) < 4.78 is 0. The van der Waals surface area contributed by atoms with E-state index in [1.54, 1.807) is 11.3 Å². The van der Waals surface area contributed by atoms with Gasteiger partial charge < -0.3 is 10.2 Å². The van der Waals surface area contributed by atoms with Gasteiger partial charge in [0.15, 0.2) is 0 Å².